The highest BCUT2D eigenvalue weighted by molar-refractivity contribution is 5.64. The van der Waals surface area contributed by atoms with Crippen LogP contribution in [0.1, 0.15) is 104 Å². The number of aryl methyl sites for hydroxylation is 2. The first kappa shape index (κ1) is 38.7. The van der Waals surface area contributed by atoms with Crippen molar-refractivity contribution in [1.82, 2.24) is 0 Å². The smallest absolute Gasteiger partial charge is 0.0204 e. The van der Waals surface area contributed by atoms with E-state index in [-0.39, 0.29) is 0 Å². The van der Waals surface area contributed by atoms with Gasteiger partial charge in [0.2, 0.25) is 0 Å². The summed E-state index contributed by atoms with van der Waals surface area (Å²) in [4.78, 5) is 0. The molecule has 37 heavy (non-hydrogen) atoms. The zero-order chi connectivity index (χ0) is 29.6. The number of allylic oxidation sites excluding steroid dienone is 7. The Morgan fingerprint density at radius 2 is 1.22 bits per heavy atom. The van der Waals surface area contributed by atoms with Gasteiger partial charge in [-0.05, 0) is 102 Å². The van der Waals surface area contributed by atoms with Crippen LogP contribution < -0.4 is 0 Å². The summed E-state index contributed by atoms with van der Waals surface area (Å²) in [6, 6.07) is 15.3. The van der Waals surface area contributed by atoms with E-state index in [1.54, 1.807) is 0 Å². The van der Waals surface area contributed by atoms with Crippen LogP contribution in [0.25, 0.3) is 11.1 Å². The maximum absolute atomic E-state index is 3.92. The van der Waals surface area contributed by atoms with E-state index >= 15 is 0 Å². The van der Waals surface area contributed by atoms with Gasteiger partial charge >= 0.3 is 0 Å². The van der Waals surface area contributed by atoms with E-state index in [0.29, 0.717) is 0 Å². The lowest BCUT2D eigenvalue weighted by Crippen LogP contribution is -1.93. The lowest BCUT2D eigenvalue weighted by Gasteiger charge is -2.06. The molecule has 0 aliphatic carbocycles. The molecule has 0 spiro atoms. The highest BCUT2D eigenvalue weighted by Gasteiger charge is 1.99. The average molecular weight is 503 g/mol. The molecule has 0 saturated heterocycles. The Bertz CT molecular complexity index is 944. The van der Waals surface area contributed by atoms with E-state index in [2.05, 4.69) is 110 Å². The zero-order valence-electron chi connectivity index (χ0n) is 26.7. The van der Waals surface area contributed by atoms with Crippen LogP contribution >= 0.6 is 0 Å². The summed E-state index contributed by atoms with van der Waals surface area (Å²) in [6.07, 6.45) is 7.33. The van der Waals surface area contributed by atoms with Crippen LogP contribution in [0.5, 0.6) is 0 Å². The Balaban J connectivity index is -0.000000446. The van der Waals surface area contributed by atoms with E-state index in [9.17, 15) is 0 Å². The Hall–Kier alpha value is -2.86. The second-order valence-electron chi connectivity index (χ2n) is 9.59. The van der Waals surface area contributed by atoms with E-state index in [1.165, 1.54) is 39.8 Å². The first-order chi connectivity index (χ1) is 17.3. The van der Waals surface area contributed by atoms with Gasteiger partial charge in [-0.2, -0.15) is 0 Å². The lowest BCUT2D eigenvalue weighted by molar-refractivity contribution is 0.647. The number of benzene rings is 2. The monoisotopic (exact) mass is 502 g/mol. The quantitative estimate of drug-likeness (QED) is 0.282. The SMILES string of the molecule is C/C=C(\C)c1ccc(CC(C)C)cc1.C/C=C\C.C=C(C)C(=C)C.C=C(C)c1ccc(C)cc1C.CC. The predicted molar refractivity (Wildman–Crippen MR) is 176 cm³/mol. The molecule has 0 aromatic heterocycles. The fourth-order valence-corrected chi connectivity index (χ4v) is 2.83. The third-order valence-electron chi connectivity index (χ3n) is 5.39. The second kappa shape index (κ2) is 23.5. The van der Waals surface area contributed by atoms with E-state index in [1.807, 2.05) is 60.6 Å². The van der Waals surface area contributed by atoms with Crippen molar-refractivity contribution in [3.63, 3.8) is 0 Å². The van der Waals surface area contributed by atoms with E-state index < -0.39 is 0 Å². The van der Waals surface area contributed by atoms with Gasteiger partial charge in [0, 0.05) is 0 Å². The lowest BCUT2D eigenvalue weighted by atomic mass is 10.00. The van der Waals surface area contributed by atoms with Crippen LogP contribution in [-0.4, -0.2) is 0 Å². The predicted octanol–water partition coefficient (Wildman–Crippen LogP) is 12.4. The van der Waals surface area contributed by atoms with Crippen molar-refractivity contribution in [2.24, 2.45) is 5.92 Å². The summed E-state index contributed by atoms with van der Waals surface area (Å²) in [7, 11) is 0. The molecule has 2 aromatic carbocycles. The summed E-state index contributed by atoms with van der Waals surface area (Å²) in [5.41, 5.74) is 11.3. The first-order valence-electron chi connectivity index (χ1n) is 13.6. The van der Waals surface area contributed by atoms with Gasteiger partial charge in [0.1, 0.15) is 0 Å². The molecule has 0 bridgehead atoms. The minimum Gasteiger partial charge on any atom is -0.0959 e. The molecule has 0 N–H and O–H groups in total. The number of rotatable bonds is 5. The molecule has 0 fully saturated rings. The fraction of sp³-hybridized carbons (Fsp3) is 0.405. The molecule has 206 valence electrons. The Kier molecular flexibility index (Phi) is 24.6. The van der Waals surface area contributed by atoms with E-state index in [4.69, 9.17) is 0 Å². The minimum atomic E-state index is 0.740. The third-order valence-corrected chi connectivity index (χ3v) is 5.39. The molecule has 0 nitrogen and oxygen atoms in total. The molecule has 0 radical (unpaired) electrons. The average Bonchev–Trinajstić information content (AvgIpc) is 2.85. The van der Waals surface area contributed by atoms with Crippen molar-refractivity contribution in [3.05, 3.63) is 119 Å². The maximum atomic E-state index is 3.92. The highest BCUT2D eigenvalue weighted by Crippen LogP contribution is 2.17. The highest BCUT2D eigenvalue weighted by atomic mass is 14.0. The van der Waals surface area contributed by atoms with Gasteiger partial charge in [-0.25, -0.2) is 0 Å². The van der Waals surface area contributed by atoms with Gasteiger partial charge in [-0.15, -0.1) is 0 Å². The molecule has 0 unspecified atom stereocenters. The van der Waals surface area contributed by atoms with Crippen molar-refractivity contribution in [3.8, 4) is 0 Å². The van der Waals surface area contributed by atoms with Crippen molar-refractivity contribution in [2.45, 2.75) is 96.4 Å². The van der Waals surface area contributed by atoms with Crippen LogP contribution in [0.2, 0.25) is 0 Å². The zero-order valence-corrected chi connectivity index (χ0v) is 26.7. The second-order valence-corrected chi connectivity index (χ2v) is 9.59. The summed E-state index contributed by atoms with van der Waals surface area (Å²) in [6.45, 7) is 38.1. The Morgan fingerprint density at radius 1 is 0.757 bits per heavy atom. The molecule has 0 atom stereocenters. The first-order valence-corrected chi connectivity index (χ1v) is 13.6. The molecule has 0 saturated carbocycles. The largest absolute Gasteiger partial charge is 0.0959 e. The van der Waals surface area contributed by atoms with Gasteiger partial charge < -0.3 is 0 Å². The minimum absolute atomic E-state index is 0.740. The van der Waals surface area contributed by atoms with Crippen LogP contribution in [0.3, 0.4) is 0 Å². The van der Waals surface area contributed by atoms with Crippen LogP contribution in [0, 0.1) is 19.8 Å². The fourth-order valence-electron chi connectivity index (χ4n) is 2.83. The molecule has 0 aliphatic rings. The molecule has 0 heteroatoms. The molecular weight excluding hydrogens is 444 g/mol. The van der Waals surface area contributed by atoms with Gasteiger partial charge in [0.15, 0.2) is 0 Å². The van der Waals surface area contributed by atoms with Crippen LogP contribution in [-0.2, 0) is 6.42 Å². The Labute approximate surface area is 232 Å². The number of hydrogen-bond acceptors (Lipinski definition) is 0. The van der Waals surface area contributed by atoms with E-state index in [0.717, 1.165) is 22.6 Å². The van der Waals surface area contributed by atoms with Crippen LogP contribution in [0.15, 0.2) is 91.6 Å². The van der Waals surface area contributed by atoms with Gasteiger partial charge in [-0.1, -0.05) is 130 Å². The van der Waals surface area contributed by atoms with Crippen molar-refractivity contribution in [1.29, 1.82) is 0 Å². The normalized spacial score (nSPS) is 9.95. The summed E-state index contributed by atoms with van der Waals surface area (Å²) >= 11 is 0. The summed E-state index contributed by atoms with van der Waals surface area (Å²) in [5.74, 6) is 0.740. The van der Waals surface area contributed by atoms with Crippen molar-refractivity contribution >= 4 is 11.1 Å². The molecule has 2 rings (SSSR count). The van der Waals surface area contributed by atoms with Gasteiger partial charge in [0.05, 0.1) is 0 Å². The third kappa shape index (κ3) is 21.0. The van der Waals surface area contributed by atoms with Crippen molar-refractivity contribution < 1.29 is 0 Å². The van der Waals surface area contributed by atoms with Crippen molar-refractivity contribution in [2.75, 3.05) is 0 Å². The van der Waals surface area contributed by atoms with Crippen LogP contribution in [0.4, 0.5) is 0 Å². The van der Waals surface area contributed by atoms with Gasteiger partial charge in [0.25, 0.3) is 0 Å². The standard InChI is InChI=1S/C14H20.C11H14.C6H10.C4H8.C2H6/c1-5-12(4)14-8-6-13(7-9-14)10-11(2)3;1-8(2)11-6-5-9(3)7-10(11)4;1-5(2)6(3)4;1-3-4-2;1-2/h5-9,11H,10H2,1-4H3;5-7H,1H2,2-4H3;1,3H2,2,4H3;3-4H,1-2H3;1-2H3/b12-5+;;;4-3-;. The Morgan fingerprint density at radius 3 is 1.51 bits per heavy atom. The number of hydrogen-bond donors (Lipinski definition) is 0. The molecule has 0 aliphatic heterocycles. The molecular formula is C37H58. The molecule has 2 aromatic rings. The maximum Gasteiger partial charge on any atom is -0.0204 e. The molecule has 0 heterocycles. The summed E-state index contributed by atoms with van der Waals surface area (Å²) < 4.78 is 0. The van der Waals surface area contributed by atoms with Gasteiger partial charge in [-0.3, -0.25) is 0 Å². The summed E-state index contributed by atoms with van der Waals surface area (Å²) in [5, 5.41) is 0. The topological polar surface area (TPSA) is 0 Å². The molecule has 0 amide bonds.